The summed E-state index contributed by atoms with van der Waals surface area (Å²) in [7, 11) is 1.65. The van der Waals surface area contributed by atoms with Crippen LogP contribution in [0.4, 0.5) is 5.82 Å². The van der Waals surface area contributed by atoms with Crippen molar-refractivity contribution >= 4 is 22.9 Å². The summed E-state index contributed by atoms with van der Waals surface area (Å²) in [4.78, 5) is 21.1. The Morgan fingerprint density at radius 1 is 1.03 bits per heavy atom. The van der Waals surface area contributed by atoms with E-state index in [1.807, 2.05) is 75.4 Å². The molecule has 0 aliphatic heterocycles. The zero-order valence-corrected chi connectivity index (χ0v) is 22.2. The molecule has 8 heteroatoms. The first-order valence-corrected chi connectivity index (χ1v) is 12.9. The summed E-state index contributed by atoms with van der Waals surface area (Å²) in [5.41, 5.74) is 2.85. The average molecular weight is 516 g/mol. The molecule has 1 aliphatic carbocycles. The summed E-state index contributed by atoms with van der Waals surface area (Å²) in [6.45, 7) is 5.50. The van der Waals surface area contributed by atoms with E-state index in [2.05, 4.69) is 15.3 Å². The highest BCUT2D eigenvalue weighted by Crippen LogP contribution is 2.43. The van der Waals surface area contributed by atoms with Gasteiger partial charge in [-0.15, -0.1) is 0 Å². The van der Waals surface area contributed by atoms with Gasteiger partial charge >= 0.3 is 5.97 Å². The van der Waals surface area contributed by atoms with Gasteiger partial charge in [0.2, 0.25) is 5.71 Å². The molecule has 8 nitrogen and oxygen atoms in total. The molecule has 38 heavy (non-hydrogen) atoms. The minimum absolute atomic E-state index is 0.0253. The van der Waals surface area contributed by atoms with Crippen molar-refractivity contribution in [2.45, 2.75) is 57.8 Å². The lowest BCUT2D eigenvalue weighted by atomic mass is 9.99. The van der Waals surface area contributed by atoms with E-state index >= 15 is 0 Å². The van der Waals surface area contributed by atoms with Crippen molar-refractivity contribution in [2.24, 2.45) is 0 Å². The van der Waals surface area contributed by atoms with Gasteiger partial charge in [0.15, 0.2) is 0 Å². The van der Waals surface area contributed by atoms with Crippen LogP contribution in [0.5, 0.6) is 5.75 Å². The van der Waals surface area contributed by atoms with E-state index < -0.39 is 5.60 Å². The predicted octanol–water partition coefficient (Wildman–Crippen LogP) is 6.26. The van der Waals surface area contributed by atoms with Crippen LogP contribution >= 0.6 is 0 Å². The Balaban J connectivity index is 1.42. The third kappa shape index (κ3) is 5.81. The first-order valence-electron chi connectivity index (χ1n) is 12.9. The molecule has 0 unspecified atom stereocenters. The number of hydrogen-bond donors (Lipinski definition) is 1. The van der Waals surface area contributed by atoms with Crippen LogP contribution in [0.1, 0.15) is 40.0 Å². The third-order valence-electron chi connectivity index (χ3n) is 6.49. The van der Waals surface area contributed by atoms with Gasteiger partial charge in [0.05, 0.1) is 18.6 Å². The first-order chi connectivity index (χ1) is 18.3. The number of methoxy groups -OCH3 is 1. The number of hydrogen-bond acceptors (Lipinski definition) is 8. The standard InChI is InChI=1S/C30H33N3O5/c1-30(2,3)38-24(34)17-36-23-15-12-21(16-23)33-28-26-25(19-10-13-22(35-4)14-11-19)27(20-8-6-5-7-9-20)37-29(26)32-18-31-28/h5-11,13-14,18,21,23H,12,15-17H2,1-4H3,(H,31,32,33)/t21-,23-/m0/s1. The largest absolute Gasteiger partial charge is 0.497 e. The molecule has 0 amide bonds. The number of furan rings is 1. The summed E-state index contributed by atoms with van der Waals surface area (Å²) in [5, 5.41) is 4.43. The van der Waals surface area contributed by atoms with Gasteiger partial charge in [-0.25, -0.2) is 14.8 Å². The molecule has 198 valence electrons. The Bertz CT molecular complexity index is 1390. The van der Waals surface area contributed by atoms with Gasteiger partial charge in [0, 0.05) is 17.2 Å². The summed E-state index contributed by atoms with van der Waals surface area (Å²) >= 11 is 0. The quantitative estimate of drug-likeness (QED) is 0.275. The number of nitrogens with one attached hydrogen (secondary N) is 1. The minimum Gasteiger partial charge on any atom is -0.497 e. The van der Waals surface area contributed by atoms with Gasteiger partial charge in [0.25, 0.3) is 0 Å². The van der Waals surface area contributed by atoms with Crippen LogP contribution in [0.3, 0.4) is 0 Å². The number of nitrogens with zero attached hydrogens (tertiary/aromatic N) is 2. The smallest absolute Gasteiger partial charge is 0.332 e. The maximum absolute atomic E-state index is 12.1. The van der Waals surface area contributed by atoms with Crippen LogP contribution in [0, 0.1) is 0 Å². The van der Waals surface area contributed by atoms with Gasteiger partial charge in [0.1, 0.15) is 35.9 Å². The topological polar surface area (TPSA) is 95.7 Å². The molecule has 0 radical (unpaired) electrons. The molecule has 4 aromatic rings. The lowest BCUT2D eigenvalue weighted by Gasteiger charge is -2.20. The van der Waals surface area contributed by atoms with Crippen molar-refractivity contribution in [3.63, 3.8) is 0 Å². The maximum Gasteiger partial charge on any atom is 0.332 e. The highest BCUT2D eigenvalue weighted by Gasteiger charge is 2.29. The fourth-order valence-corrected chi connectivity index (χ4v) is 4.84. The maximum atomic E-state index is 12.1. The Kier molecular flexibility index (Phi) is 7.33. The SMILES string of the molecule is COc1ccc(-c2c(-c3ccccc3)oc3ncnc(N[C@H]4CC[C@H](OCC(=O)OC(C)(C)C)C4)c23)cc1. The molecule has 1 N–H and O–H groups in total. The lowest BCUT2D eigenvalue weighted by molar-refractivity contribution is -0.162. The van der Waals surface area contributed by atoms with Crippen LogP contribution in [-0.2, 0) is 14.3 Å². The predicted molar refractivity (Wildman–Crippen MR) is 146 cm³/mol. The lowest BCUT2D eigenvalue weighted by Crippen LogP contribution is -2.28. The summed E-state index contributed by atoms with van der Waals surface area (Å²) in [5.74, 6) is 1.88. The molecule has 1 aliphatic rings. The molecule has 2 atom stereocenters. The van der Waals surface area contributed by atoms with E-state index in [-0.39, 0.29) is 24.7 Å². The Labute approximate surface area is 222 Å². The Hall–Kier alpha value is -3.91. The number of esters is 1. The van der Waals surface area contributed by atoms with E-state index in [4.69, 9.17) is 18.6 Å². The summed E-state index contributed by atoms with van der Waals surface area (Å²) < 4.78 is 22.9. The molecule has 2 aromatic carbocycles. The third-order valence-corrected chi connectivity index (χ3v) is 6.49. The van der Waals surface area contributed by atoms with E-state index in [1.165, 1.54) is 6.33 Å². The highest BCUT2D eigenvalue weighted by atomic mass is 16.6. The van der Waals surface area contributed by atoms with Crippen molar-refractivity contribution in [1.82, 2.24) is 9.97 Å². The molecule has 0 spiro atoms. The van der Waals surface area contributed by atoms with Crippen molar-refractivity contribution in [3.8, 4) is 28.2 Å². The number of ether oxygens (including phenoxy) is 3. The normalized spacial score (nSPS) is 17.5. The number of carbonyl (C=O) groups is 1. The second-order valence-electron chi connectivity index (χ2n) is 10.5. The van der Waals surface area contributed by atoms with Gasteiger partial charge in [-0.1, -0.05) is 42.5 Å². The second kappa shape index (κ2) is 10.8. The molecule has 1 fully saturated rings. The number of benzene rings is 2. The van der Waals surface area contributed by atoms with Crippen LogP contribution < -0.4 is 10.1 Å². The van der Waals surface area contributed by atoms with Crippen molar-refractivity contribution in [1.29, 1.82) is 0 Å². The van der Waals surface area contributed by atoms with Crippen molar-refractivity contribution < 1.29 is 23.4 Å². The minimum atomic E-state index is -0.524. The highest BCUT2D eigenvalue weighted by molar-refractivity contribution is 6.05. The molecular formula is C30H33N3O5. The number of carbonyl (C=O) groups excluding carboxylic acids is 1. The number of fused-ring (bicyclic) bond motifs is 1. The Morgan fingerprint density at radius 3 is 2.50 bits per heavy atom. The van der Waals surface area contributed by atoms with Crippen LogP contribution in [0.15, 0.2) is 65.3 Å². The van der Waals surface area contributed by atoms with Crippen LogP contribution in [0.25, 0.3) is 33.6 Å². The Morgan fingerprint density at radius 2 is 1.79 bits per heavy atom. The number of aromatic nitrogens is 2. The molecule has 2 aromatic heterocycles. The average Bonchev–Trinajstić information content (AvgIpc) is 3.52. The van der Waals surface area contributed by atoms with E-state index in [0.717, 1.165) is 52.8 Å². The first kappa shape index (κ1) is 25.7. The molecular weight excluding hydrogens is 482 g/mol. The van der Waals surface area contributed by atoms with Crippen molar-refractivity contribution in [3.05, 3.63) is 60.9 Å². The zero-order chi connectivity index (χ0) is 26.7. The van der Waals surface area contributed by atoms with Gasteiger partial charge in [-0.2, -0.15) is 0 Å². The van der Waals surface area contributed by atoms with Crippen molar-refractivity contribution in [2.75, 3.05) is 19.0 Å². The monoisotopic (exact) mass is 515 g/mol. The molecule has 1 saturated carbocycles. The fraction of sp³-hybridized carbons (Fsp3) is 0.367. The van der Waals surface area contributed by atoms with Gasteiger partial charge in [-0.05, 0) is 57.7 Å². The van der Waals surface area contributed by atoms with E-state index in [9.17, 15) is 4.79 Å². The van der Waals surface area contributed by atoms with Crippen LogP contribution in [-0.4, -0.2) is 47.4 Å². The molecule has 0 bridgehead atoms. The number of anilines is 1. The van der Waals surface area contributed by atoms with Gasteiger partial charge < -0.3 is 23.9 Å². The number of rotatable bonds is 8. The van der Waals surface area contributed by atoms with E-state index in [1.54, 1.807) is 7.11 Å². The molecule has 2 heterocycles. The van der Waals surface area contributed by atoms with Gasteiger partial charge in [-0.3, -0.25) is 0 Å². The van der Waals surface area contributed by atoms with Crippen LogP contribution in [0.2, 0.25) is 0 Å². The molecule has 5 rings (SSSR count). The summed E-state index contributed by atoms with van der Waals surface area (Å²) in [6.07, 6.45) is 4.00. The summed E-state index contributed by atoms with van der Waals surface area (Å²) in [6, 6.07) is 18.0. The zero-order valence-electron chi connectivity index (χ0n) is 22.2. The second-order valence-corrected chi connectivity index (χ2v) is 10.5. The fourth-order valence-electron chi connectivity index (χ4n) is 4.84. The van der Waals surface area contributed by atoms with E-state index in [0.29, 0.717) is 11.5 Å². The molecule has 0 saturated heterocycles.